The van der Waals surface area contributed by atoms with Gasteiger partial charge in [0.1, 0.15) is 5.75 Å². The van der Waals surface area contributed by atoms with Crippen LogP contribution in [0.5, 0.6) is 5.75 Å². The molecule has 1 heterocycles. The molecule has 3 rings (SSSR count). The van der Waals surface area contributed by atoms with Gasteiger partial charge in [-0.15, -0.1) is 0 Å². The number of nitrogens with one attached hydrogen (secondary N) is 1. The largest absolute Gasteiger partial charge is 0.492 e. The number of amides is 1. The summed E-state index contributed by atoms with van der Waals surface area (Å²) in [6.45, 7) is 7.96. The predicted molar refractivity (Wildman–Crippen MR) is 111 cm³/mol. The number of piperazine rings is 1. The average molecular weight is 388 g/mol. The Balaban J connectivity index is 1.58. The normalized spacial score (nSPS) is 16.0. The van der Waals surface area contributed by atoms with Gasteiger partial charge in [0, 0.05) is 36.9 Å². The average Bonchev–Trinajstić information content (AvgIpc) is 2.68. The van der Waals surface area contributed by atoms with Crippen LogP contribution in [0.4, 0.5) is 11.4 Å². The van der Waals surface area contributed by atoms with Crippen molar-refractivity contribution in [1.82, 2.24) is 4.90 Å². The maximum atomic E-state index is 12.6. The summed E-state index contributed by atoms with van der Waals surface area (Å²) in [5, 5.41) is 3.56. The fraction of sp³-hybridized carbons (Fsp3) is 0.381. The number of rotatable bonds is 6. The lowest BCUT2D eigenvalue weighted by atomic mass is 10.2. The number of carbonyl (C=O) groups excluding carboxylic acids is 1. The number of benzene rings is 2. The molecule has 2 aromatic carbocycles. The fourth-order valence-corrected chi connectivity index (χ4v) is 3.52. The highest BCUT2D eigenvalue weighted by molar-refractivity contribution is 6.30. The summed E-state index contributed by atoms with van der Waals surface area (Å²) in [5.74, 6) is 0.903. The molecular formula is C21H26ClN3O2. The Morgan fingerprint density at radius 1 is 1.15 bits per heavy atom. The van der Waals surface area contributed by atoms with Gasteiger partial charge < -0.3 is 15.0 Å². The van der Waals surface area contributed by atoms with E-state index in [1.165, 1.54) is 0 Å². The number of carbonyl (C=O) groups is 1. The molecule has 0 radical (unpaired) electrons. The Bertz CT molecular complexity index is 776. The van der Waals surface area contributed by atoms with Gasteiger partial charge in [-0.1, -0.05) is 29.8 Å². The molecular weight excluding hydrogens is 362 g/mol. The zero-order valence-corrected chi connectivity index (χ0v) is 16.6. The monoisotopic (exact) mass is 387 g/mol. The van der Waals surface area contributed by atoms with Crippen LogP contribution in [0.15, 0.2) is 48.5 Å². The first-order valence-electron chi connectivity index (χ1n) is 9.35. The molecule has 0 aliphatic carbocycles. The van der Waals surface area contributed by atoms with Gasteiger partial charge >= 0.3 is 0 Å². The molecule has 1 amide bonds. The molecule has 0 bridgehead atoms. The van der Waals surface area contributed by atoms with E-state index in [1.54, 1.807) is 12.1 Å². The third-order valence-corrected chi connectivity index (χ3v) is 5.07. The SMILES string of the molecule is CCOc1ccccc1N1CCN([C@@H](C)C(=O)Nc2cccc(Cl)c2)CC1. The zero-order chi connectivity index (χ0) is 19.2. The van der Waals surface area contributed by atoms with E-state index >= 15 is 0 Å². The summed E-state index contributed by atoms with van der Waals surface area (Å²) in [5.41, 5.74) is 1.85. The minimum absolute atomic E-state index is 0.0135. The number of hydrogen-bond donors (Lipinski definition) is 1. The van der Waals surface area contributed by atoms with E-state index < -0.39 is 0 Å². The second-order valence-electron chi connectivity index (χ2n) is 6.60. The van der Waals surface area contributed by atoms with Crippen molar-refractivity contribution < 1.29 is 9.53 Å². The van der Waals surface area contributed by atoms with E-state index in [-0.39, 0.29) is 11.9 Å². The van der Waals surface area contributed by atoms with Gasteiger partial charge in [-0.25, -0.2) is 0 Å². The molecule has 1 atom stereocenters. The summed E-state index contributed by atoms with van der Waals surface area (Å²) in [4.78, 5) is 17.1. The van der Waals surface area contributed by atoms with Gasteiger partial charge in [-0.3, -0.25) is 9.69 Å². The molecule has 1 aliphatic rings. The van der Waals surface area contributed by atoms with Crippen molar-refractivity contribution >= 4 is 28.9 Å². The van der Waals surface area contributed by atoms with E-state index in [9.17, 15) is 4.79 Å². The van der Waals surface area contributed by atoms with Crippen molar-refractivity contribution in [3.63, 3.8) is 0 Å². The fourth-order valence-electron chi connectivity index (χ4n) is 3.32. The maximum absolute atomic E-state index is 12.6. The van der Waals surface area contributed by atoms with Crippen LogP contribution in [0.3, 0.4) is 0 Å². The number of halogens is 1. The Labute approximate surface area is 165 Å². The van der Waals surface area contributed by atoms with Crippen LogP contribution in [0.2, 0.25) is 5.02 Å². The lowest BCUT2D eigenvalue weighted by Crippen LogP contribution is -2.52. The molecule has 27 heavy (non-hydrogen) atoms. The maximum Gasteiger partial charge on any atom is 0.241 e. The van der Waals surface area contributed by atoms with Crippen LogP contribution in [0, 0.1) is 0 Å². The van der Waals surface area contributed by atoms with Crippen LogP contribution in [-0.4, -0.2) is 49.6 Å². The Kier molecular flexibility index (Phi) is 6.58. The number of nitrogens with zero attached hydrogens (tertiary/aromatic N) is 2. The molecule has 0 aromatic heterocycles. The third-order valence-electron chi connectivity index (χ3n) is 4.84. The van der Waals surface area contributed by atoms with E-state index in [1.807, 2.05) is 44.2 Å². The van der Waals surface area contributed by atoms with Crippen LogP contribution < -0.4 is 15.0 Å². The number of ether oxygens (including phenoxy) is 1. The van der Waals surface area contributed by atoms with Crippen LogP contribution in [0.1, 0.15) is 13.8 Å². The van der Waals surface area contributed by atoms with Gasteiger partial charge in [-0.05, 0) is 44.2 Å². The van der Waals surface area contributed by atoms with Crippen molar-refractivity contribution in [2.45, 2.75) is 19.9 Å². The molecule has 1 saturated heterocycles. The first-order chi connectivity index (χ1) is 13.1. The lowest BCUT2D eigenvalue weighted by molar-refractivity contribution is -0.120. The third kappa shape index (κ3) is 4.93. The quantitative estimate of drug-likeness (QED) is 0.816. The summed E-state index contributed by atoms with van der Waals surface area (Å²) in [6, 6.07) is 15.2. The molecule has 1 fully saturated rings. The number of anilines is 2. The van der Waals surface area contributed by atoms with Gasteiger partial charge in [-0.2, -0.15) is 0 Å². The molecule has 144 valence electrons. The molecule has 0 saturated carbocycles. The van der Waals surface area contributed by atoms with Gasteiger partial charge in [0.25, 0.3) is 0 Å². The van der Waals surface area contributed by atoms with Crippen molar-refractivity contribution in [2.24, 2.45) is 0 Å². The Morgan fingerprint density at radius 2 is 1.89 bits per heavy atom. The first-order valence-corrected chi connectivity index (χ1v) is 9.73. The first kappa shape index (κ1) is 19.5. The standard InChI is InChI=1S/C21H26ClN3O2/c1-3-27-20-10-5-4-9-19(20)25-13-11-24(12-14-25)16(2)21(26)23-18-8-6-7-17(22)15-18/h4-10,15-16H,3,11-14H2,1-2H3,(H,23,26)/t16-/m0/s1. The summed E-state index contributed by atoms with van der Waals surface area (Å²) < 4.78 is 5.75. The van der Waals surface area contributed by atoms with Crippen LogP contribution in [0.25, 0.3) is 0 Å². The van der Waals surface area contributed by atoms with Crippen molar-refractivity contribution in [3.8, 4) is 5.75 Å². The topological polar surface area (TPSA) is 44.8 Å². The molecule has 0 unspecified atom stereocenters. The summed E-state index contributed by atoms with van der Waals surface area (Å²) in [6.07, 6.45) is 0. The Morgan fingerprint density at radius 3 is 2.59 bits per heavy atom. The molecule has 0 spiro atoms. The van der Waals surface area contributed by atoms with Gasteiger partial charge in [0.15, 0.2) is 0 Å². The van der Waals surface area contributed by atoms with Crippen molar-refractivity contribution in [3.05, 3.63) is 53.6 Å². The molecule has 2 aromatic rings. The van der Waals surface area contributed by atoms with Crippen molar-refractivity contribution in [1.29, 1.82) is 0 Å². The minimum atomic E-state index is -0.201. The second-order valence-corrected chi connectivity index (χ2v) is 7.04. The summed E-state index contributed by atoms with van der Waals surface area (Å²) >= 11 is 5.99. The lowest BCUT2D eigenvalue weighted by Gasteiger charge is -2.39. The number of hydrogen-bond acceptors (Lipinski definition) is 4. The van der Waals surface area contributed by atoms with E-state index in [2.05, 4.69) is 21.2 Å². The zero-order valence-electron chi connectivity index (χ0n) is 15.8. The van der Waals surface area contributed by atoms with E-state index in [0.29, 0.717) is 11.6 Å². The molecule has 1 aliphatic heterocycles. The van der Waals surface area contributed by atoms with Gasteiger partial charge in [0.2, 0.25) is 5.91 Å². The smallest absolute Gasteiger partial charge is 0.241 e. The molecule has 1 N–H and O–H groups in total. The highest BCUT2D eigenvalue weighted by atomic mass is 35.5. The molecule has 5 nitrogen and oxygen atoms in total. The van der Waals surface area contributed by atoms with Crippen molar-refractivity contribution in [2.75, 3.05) is 43.0 Å². The highest BCUT2D eigenvalue weighted by Gasteiger charge is 2.26. The van der Waals surface area contributed by atoms with Crippen LogP contribution in [-0.2, 0) is 4.79 Å². The van der Waals surface area contributed by atoms with Crippen LogP contribution >= 0.6 is 11.6 Å². The van der Waals surface area contributed by atoms with Gasteiger partial charge in [0.05, 0.1) is 18.3 Å². The predicted octanol–water partition coefficient (Wildman–Crippen LogP) is 3.89. The Hall–Kier alpha value is -2.24. The highest BCUT2D eigenvalue weighted by Crippen LogP contribution is 2.29. The summed E-state index contributed by atoms with van der Waals surface area (Å²) in [7, 11) is 0. The second kappa shape index (κ2) is 9.11. The minimum Gasteiger partial charge on any atom is -0.492 e. The van der Waals surface area contributed by atoms with E-state index in [0.717, 1.165) is 43.3 Å². The number of para-hydroxylation sites is 2. The molecule has 6 heteroatoms. The van der Waals surface area contributed by atoms with E-state index in [4.69, 9.17) is 16.3 Å².